The van der Waals surface area contributed by atoms with Crippen LogP contribution in [0.4, 0.5) is 0 Å². The van der Waals surface area contributed by atoms with E-state index in [1.54, 1.807) is 6.08 Å². The topological polar surface area (TPSA) is 77.5 Å². The van der Waals surface area contributed by atoms with Gasteiger partial charge in [-0.05, 0) is 32.1 Å². The van der Waals surface area contributed by atoms with E-state index in [9.17, 15) is 18.0 Å². The number of hydrogen-bond donors (Lipinski definition) is 0. The lowest BCUT2D eigenvalue weighted by Gasteiger charge is -2.05. The Morgan fingerprint density at radius 1 is 1.11 bits per heavy atom. The van der Waals surface area contributed by atoms with E-state index in [1.807, 2.05) is 12.2 Å². The van der Waals surface area contributed by atoms with Gasteiger partial charge in [0.1, 0.15) is 4.91 Å². The zero-order valence-corrected chi connectivity index (χ0v) is 18.2. The molecule has 0 aliphatic heterocycles. The van der Waals surface area contributed by atoms with Gasteiger partial charge in [-0.3, -0.25) is 9.59 Å². The van der Waals surface area contributed by atoms with E-state index in [0.717, 1.165) is 38.4 Å². The normalized spacial score (nSPS) is 18.8. The van der Waals surface area contributed by atoms with Crippen molar-refractivity contribution in [3.05, 3.63) is 34.8 Å². The summed E-state index contributed by atoms with van der Waals surface area (Å²) in [5, 5.41) is 0. The molecule has 0 saturated carbocycles. The Balaban J connectivity index is 2.67. The lowest BCUT2D eigenvalue weighted by atomic mass is 9.98. The second-order valence-corrected chi connectivity index (χ2v) is 9.25. The first kappa shape index (κ1) is 24.3. The Morgan fingerprint density at radius 3 is 2.43 bits per heavy atom. The average Bonchev–Trinajstić information content (AvgIpc) is 2.96. The number of rotatable bonds is 13. The van der Waals surface area contributed by atoms with Crippen LogP contribution in [0.5, 0.6) is 0 Å². The fourth-order valence-electron chi connectivity index (χ4n) is 3.18. The summed E-state index contributed by atoms with van der Waals surface area (Å²) in [5.41, 5.74) is 0.554. The monoisotopic (exact) mass is 410 g/mol. The molecule has 1 atom stereocenters. The molecule has 0 fully saturated rings. The summed E-state index contributed by atoms with van der Waals surface area (Å²) in [6.45, 7) is 2.17. The zero-order chi connectivity index (χ0) is 21.0. The molecule has 1 rings (SSSR count). The Labute approximate surface area is 169 Å². The first-order valence-electron chi connectivity index (χ1n) is 10.2. The van der Waals surface area contributed by atoms with Gasteiger partial charge in [0.2, 0.25) is 5.78 Å². The van der Waals surface area contributed by atoms with Crippen LogP contribution in [0, 0.1) is 5.92 Å². The van der Waals surface area contributed by atoms with Crippen LogP contribution in [0.25, 0.3) is 0 Å². The van der Waals surface area contributed by atoms with Gasteiger partial charge in [0.15, 0.2) is 9.84 Å². The first-order chi connectivity index (χ1) is 13.3. The fourth-order valence-corrected chi connectivity index (χ4v) is 4.03. The van der Waals surface area contributed by atoms with Crippen molar-refractivity contribution in [2.24, 2.45) is 5.92 Å². The third kappa shape index (κ3) is 8.55. The molecule has 158 valence electrons. The summed E-state index contributed by atoms with van der Waals surface area (Å²) < 4.78 is 28.4. The molecule has 0 amide bonds. The number of ether oxygens (including phenoxy) is 1. The van der Waals surface area contributed by atoms with Crippen molar-refractivity contribution in [2.45, 2.75) is 71.1 Å². The zero-order valence-electron chi connectivity index (χ0n) is 17.4. The van der Waals surface area contributed by atoms with E-state index in [4.69, 9.17) is 0 Å². The second-order valence-electron chi connectivity index (χ2n) is 7.27. The summed E-state index contributed by atoms with van der Waals surface area (Å²) in [6.07, 6.45) is 17.7. The van der Waals surface area contributed by atoms with E-state index in [-0.39, 0.29) is 22.6 Å². The molecule has 0 aromatic rings. The Bertz CT molecular complexity index is 713. The number of ketones is 1. The molecule has 0 radical (unpaired) electrons. The van der Waals surface area contributed by atoms with E-state index < -0.39 is 9.84 Å². The maximum atomic E-state index is 12.6. The number of esters is 1. The quantitative estimate of drug-likeness (QED) is 0.190. The number of unbranched alkanes of at least 4 members (excludes halogenated alkanes) is 7. The Hall–Kier alpha value is -1.69. The molecule has 0 spiro atoms. The molecule has 1 aliphatic rings. The molecule has 0 heterocycles. The van der Waals surface area contributed by atoms with Gasteiger partial charge in [-0.15, -0.1) is 0 Å². The van der Waals surface area contributed by atoms with Gasteiger partial charge in [-0.2, -0.15) is 0 Å². The standard InChI is InChI=1S/C22H34O5S/c1-4-5-6-7-8-11-14-18-17-20(28(3,25)26)22(24)19(18)15-12-9-10-13-16-21(23)27-2/h11,14-15,17-18H,4-10,12-13,16H2,1-3H3. The van der Waals surface area contributed by atoms with E-state index in [1.165, 1.54) is 26.4 Å². The van der Waals surface area contributed by atoms with Crippen LogP contribution in [-0.4, -0.2) is 33.5 Å². The van der Waals surface area contributed by atoms with Crippen LogP contribution in [0.1, 0.15) is 71.1 Å². The van der Waals surface area contributed by atoms with E-state index in [0.29, 0.717) is 18.4 Å². The third-order valence-corrected chi connectivity index (χ3v) is 5.94. The molecule has 0 aromatic heterocycles. The minimum Gasteiger partial charge on any atom is -0.469 e. The van der Waals surface area contributed by atoms with Crippen LogP contribution in [-0.2, 0) is 24.2 Å². The Morgan fingerprint density at radius 2 is 1.79 bits per heavy atom. The first-order valence-corrected chi connectivity index (χ1v) is 12.1. The van der Waals surface area contributed by atoms with Gasteiger partial charge in [0.05, 0.1) is 7.11 Å². The molecule has 6 heteroatoms. The van der Waals surface area contributed by atoms with Crippen LogP contribution in [0.15, 0.2) is 34.8 Å². The number of allylic oxidation sites excluding steroid dienone is 6. The number of carbonyl (C=O) groups is 2. The summed E-state index contributed by atoms with van der Waals surface area (Å²) in [5.74, 6) is -0.855. The smallest absolute Gasteiger partial charge is 0.305 e. The van der Waals surface area contributed by atoms with Gasteiger partial charge < -0.3 is 4.74 Å². The SMILES string of the molecule is CCCCCCC=CC1C=C(S(C)(=O)=O)C(=O)C1=CCCCCCC(=O)OC. The van der Waals surface area contributed by atoms with Gasteiger partial charge >= 0.3 is 5.97 Å². The molecule has 0 aromatic carbocycles. The minimum absolute atomic E-state index is 0.0925. The maximum absolute atomic E-state index is 12.6. The lowest BCUT2D eigenvalue weighted by Crippen LogP contribution is -2.10. The summed E-state index contributed by atoms with van der Waals surface area (Å²) in [4.78, 5) is 23.6. The van der Waals surface area contributed by atoms with Crippen molar-refractivity contribution >= 4 is 21.6 Å². The fraction of sp³-hybridized carbons (Fsp3) is 0.636. The number of carbonyl (C=O) groups excluding carboxylic acids is 2. The van der Waals surface area contributed by atoms with Crippen molar-refractivity contribution in [3.63, 3.8) is 0 Å². The highest BCUT2D eigenvalue weighted by atomic mass is 32.2. The van der Waals surface area contributed by atoms with Crippen molar-refractivity contribution in [2.75, 3.05) is 13.4 Å². The number of Topliss-reactive ketones (excluding diaryl/α,β-unsaturated/α-hetero) is 1. The molecule has 0 bridgehead atoms. The highest BCUT2D eigenvalue weighted by molar-refractivity contribution is 7.95. The van der Waals surface area contributed by atoms with Crippen molar-refractivity contribution < 1.29 is 22.7 Å². The summed E-state index contributed by atoms with van der Waals surface area (Å²) >= 11 is 0. The molecular formula is C22H34O5S. The minimum atomic E-state index is -3.53. The molecule has 5 nitrogen and oxygen atoms in total. The Kier molecular flexibility index (Phi) is 11.0. The molecule has 0 saturated heterocycles. The summed E-state index contributed by atoms with van der Waals surface area (Å²) in [7, 11) is -2.15. The predicted octanol–water partition coefficient (Wildman–Crippen LogP) is 4.69. The van der Waals surface area contributed by atoms with Gasteiger partial charge in [-0.25, -0.2) is 8.42 Å². The van der Waals surface area contributed by atoms with Crippen LogP contribution < -0.4 is 0 Å². The van der Waals surface area contributed by atoms with E-state index >= 15 is 0 Å². The predicted molar refractivity (Wildman–Crippen MR) is 113 cm³/mol. The lowest BCUT2D eigenvalue weighted by molar-refractivity contribution is -0.140. The van der Waals surface area contributed by atoms with Crippen LogP contribution in [0.3, 0.4) is 0 Å². The number of sulfone groups is 1. The van der Waals surface area contributed by atoms with Crippen molar-refractivity contribution in [1.29, 1.82) is 0 Å². The highest BCUT2D eigenvalue weighted by Crippen LogP contribution is 2.31. The largest absolute Gasteiger partial charge is 0.469 e. The van der Waals surface area contributed by atoms with Crippen molar-refractivity contribution in [1.82, 2.24) is 0 Å². The third-order valence-electron chi connectivity index (χ3n) is 4.82. The van der Waals surface area contributed by atoms with Crippen molar-refractivity contribution in [3.8, 4) is 0 Å². The van der Waals surface area contributed by atoms with E-state index in [2.05, 4.69) is 17.7 Å². The molecule has 1 aliphatic carbocycles. The van der Waals surface area contributed by atoms with Crippen LogP contribution in [0.2, 0.25) is 0 Å². The highest BCUT2D eigenvalue weighted by Gasteiger charge is 2.33. The van der Waals surface area contributed by atoms with Gasteiger partial charge in [-0.1, -0.05) is 56.9 Å². The number of methoxy groups -OCH3 is 1. The molecule has 0 N–H and O–H groups in total. The number of hydrogen-bond acceptors (Lipinski definition) is 5. The maximum Gasteiger partial charge on any atom is 0.305 e. The summed E-state index contributed by atoms with van der Waals surface area (Å²) in [6, 6.07) is 0. The second kappa shape index (κ2) is 12.7. The molecular weight excluding hydrogens is 376 g/mol. The van der Waals surface area contributed by atoms with Crippen LogP contribution >= 0.6 is 0 Å². The van der Waals surface area contributed by atoms with Gasteiger partial charge in [0.25, 0.3) is 0 Å². The molecule has 28 heavy (non-hydrogen) atoms. The molecule has 1 unspecified atom stereocenters. The van der Waals surface area contributed by atoms with Gasteiger partial charge in [0, 0.05) is 24.2 Å². The average molecular weight is 411 g/mol.